The number of aryl methyl sites for hydroxylation is 1. The summed E-state index contributed by atoms with van der Waals surface area (Å²) < 4.78 is 6.73. The number of anilines is 1. The Hall–Kier alpha value is -1.78. The Balaban J connectivity index is 1.97. The lowest BCUT2D eigenvalue weighted by Gasteiger charge is -2.13. The Kier molecular flexibility index (Phi) is 4.60. The van der Waals surface area contributed by atoms with Crippen LogP contribution in [0.1, 0.15) is 49.5 Å². The fourth-order valence-corrected chi connectivity index (χ4v) is 2.32. The average Bonchev–Trinajstić information content (AvgIpc) is 2.79. The number of hydrogen-bond acceptors (Lipinski definition) is 4. The van der Waals surface area contributed by atoms with Gasteiger partial charge in [-0.2, -0.15) is 0 Å². The maximum absolute atomic E-state index is 11.6. The summed E-state index contributed by atoms with van der Waals surface area (Å²) in [5, 5.41) is 0. The van der Waals surface area contributed by atoms with Crippen molar-refractivity contribution in [1.29, 1.82) is 0 Å². The SMILES string of the molecule is CCOC(=O)c1ncn(CCC2=CCCCC2)c1N. The molecule has 0 fully saturated rings. The quantitative estimate of drug-likeness (QED) is 0.654. The highest BCUT2D eigenvalue weighted by Crippen LogP contribution is 2.21. The van der Waals surface area contributed by atoms with Gasteiger partial charge < -0.3 is 15.0 Å². The van der Waals surface area contributed by atoms with Gasteiger partial charge in [0.15, 0.2) is 5.69 Å². The third-order valence-corrected chi connectivity index (χ3v) is 3.41. The predicted molar refractivity (Wildman–Crippen MR) is 73.8 cm³/mol. The molecule has 1 aliphatic carbocycles. The number of carbonyl (C=O) groups is 1. The molecule has 2 rings (SSSR count). The summed E-state index contributed by atoms with van der Waals surface area (Å²) in [5.74, 6) is -0.0505. The van der Waals surface area contributed by atoms with Gasteiger partial charge in [-0.05, 0) is 39.0 Å². The Morgan fingerprint density at radius 2 is 2.37 bits per heavy atom. The number of aromatic nitrogens is 2. The van der Waals surface area contributed by atoms with Crippen LogP contribution >= 0.6 is 0 Å². The molecule has 1 aromatic rings. The predicted octanol–water partition coefficient (Wildman–Crippen LogP) is 2.53. The molecule has 1 aromatic heterocycles. The fourth-order valence-electron chi connectivity index (χ4n) is 2.32. The lowest BCUT2D eigenvalue weighted by Crippen LogP contribution is -2.10. The number of allylic oxidation sites excluding steroid dienone is 2. The van der Waals surface area contributed by atoms with Crippen molar-refractivity contribution in [3.8, 4) is 0 Å². The van der Waals surface area contributed by atoms with Crippen LogP contribution in [-0.2, 0) is 11.3 Å². The highest BCUT2D eigenvalue weighted by molar-refractivity contribution is 5.92. The summed E-state index contributed by atoms with van der Waals surface area (Å²) in [6.45, 7) is 2.86. The molecule has 0 radical (unpaired) electrons. The molecule has 0 aromatic carbocycles. The zero-order valence-electron chi connectivity index (χ0n) is 11.4. The van der Waals surface area contributed by atoms with Crippen LogP contribution in [-0.4, -0.2) is 22.1 Å². The van der Waals surface area contributed by atoms with Crippen LogP contribution in [0.4, 0.5) is 5.82 Å². The van der Waals surface area contributed by atoms with E-state index in [1.807, 2.05) is 4.57 Å². The van der Waals surface area contributed by atoms with E-state index in [1.54, 1.807) is 13.3 Å². The van der Waals surface area contributed by atoms with E-state index in [9.17, 15) is 4.79 Å². The summed E-state index contributed by atoms with van der Waals surface area (Å²) in [5.41, 5.74) is 7.64. The van der Waals surface area contributed by atoms with Crippen molar-refractivity contribution in [3.05, 3.63) is 23.7 Å². The molecule has 0 unspecified atom stereocenters. The molecule has 0 spiro atoms. The topological polar surface area (TPSA) is 70.1 Å². The van der Waals surface area contributed by atoms with Gasteiger partial charge in [0.25, 0.3) is 0 Å². The monoisotopic (exact) mass is 263 g/mol. The summed E-state index contributed by atoms with van der Waals surface area (Å²) >= 11 is 0. The normalized spacial score (nSPS) is 15.1. The highest BCUT2D eigenvalue weighted by Gasteiger charge is 2.16. The van der Waals surface area contributed by atoms with Crippen LogP contribution in [0.15, 0.2) is 18.0 Å². The van der Waals surface area contributed by atoms with Gasteiger partial charge in [0.2, 0.25) is 0 Å². The minimum atomic E-state index is -0.448. The van der Waals surface area contributed by atoms with Crippen molar-refractivity contribution >= 4 is 11.8 Å². The van der Waals surface area contributed by atoms with Gasteiger partial charge in [0.05, 0.1) is 12.9 Å². The summed E-state index contributed by atoms with van der Waals surface area (Å²) in [4.78, 5) is 15.6. The van der Waals surface area contributed by atoms with Gasteiger partial charge in [-0.25, -0.2) is 9.78 Å². The number of esters is 1. The van der Waals surface area contributed by atoms with Crippen molar-refractivity contribution in [3.63, 3.8) is 0 Å². The average molecular weight is 263 g/mol. The lowest BCUT2D eigenvalue weighted by molar-refractivity contribution is 0.0521. The van der Waals surface area contributed by atoms with Crippen molar-refractivity contribution in [2.24, 2.45) is 0 Å². The molecule has 19 heavy (non-hydrogen) atoms. The molecule has 2 N–H and O–H groups in total. The Morgan fingerprint density at radius 3 is 3.05 bits per heavy atom. The number of nitrogens with zero attached hydrogens (tertiary/aromatic N) is 2. The standard InChI is InChI=1S/C14H21N3O2/c1-2-19-14(18)12-13(15)17(10-16-12)9-8-11-6-4-3-5-7-11/h6,10H,2-5,7-9,15H2,1H3. The first-order chi connectivity index (χ1) is 9.22. The van der Waals surface area contributed by atoms with Gasteiger partial charge in [-0.1, -0.05) is 11.6 Å². The third kappa shape index (κ3) is 3.36. The van der Waals surface area contributed by atoms with E-state index in [0.717, 1.165) is 13.0 Å². The van der Waals surface area contributed by atoms with Crippen molar-refractivity contribution in [1.82, 2.24) is 9.55 Å². The first-order valence-corrected chi connectivity index (χ1v) is 6.88. The summed E-state index contributed by atoms with van der Waals surface area (Å²) in [6.07, 6.45) is 9.85. The molecule has 0 atom stereocenters. The van der Waals surface area contributed by atoms with Gasteiger partial charge in [-0.15, -0.1) is 0 Å². The minimum absolute atomic E-state index is 0.222. The number of rotatable bonds is 5. The molecular weight excluding hydrogens is 242 g/mol. The van der Waals surface area contributed by atoms with Crippen molar-refractivity contribution in [2.45, 2.75) is 45.6 Å². The summed E-state index contributed by atoms with van der Waals surface area (Å²) in [6, 6.07) is 0. The van der Waals surface area contributed by atoms with Gasteiger partial charge >= 0.3 is 5.97 Å². The van der Waals surface area contributed by atoms with Crippen LogP contribution in [0, 0.1) is 0 Å². The minimum Gasteiger partial charge on any atom is -0.461 e. The second kappa shape index (κ2) is 6.41. The van der Waals surface area contributed by atoms with Gasteiger partial charge in [-0.3, -0.25) is 0 Å². The van der Waals surface area contributed by atoms with E-state index < -0.39 is 5.97 Å². The van der Waals surface area contributed by atoms with E-state index in [0.29, 0.717) is 12.4 Å². The lowest BCUT2D eigenvalue weighted by atomic mass is 9.97. The molecule has 5 nitrogen and oxygen atoms in total. The third-order valence-electron chi connectivity index (χ3n) is 3.41. The van der Waals surface area contributed by atoms with E-state index in [4.69, 9.17) is 10.5 Å². The van der Waals surface area contributed by atoms with Crippen molar-refractivity contribution in [2.75, 3.05) is 12.3 Å². The molecule has 5 heteroatoms. The molecule has 0 saturated heterocycles. The second-order valence-corrected chi connectivity index (χ2v) is 4.75. The zero-order chi connectivity index (χ0) is 13.7. The van der Waals surface area contributed by atoms with Crippen LogP contribution < -0.4 is 5.73 Å². The van der Waals surface area contributed by atoms with E-state index in [1.165, 1.54) is 31.3 Å². The number of imidazole rings is 1. The van der Waals surface area contributed by atoms with Gasteiger partial charge in [0.1, 0.15) is 5.82 Å². The van der Waals surface area contributed by atoms with E-state index >= 15 is 0 Å². The number of ether oxygens (including phenoxy) is 1. The molecule has 0 saturated carbocycles. The molecule has 0 bridgehead atoms. The molecule has 104 valence electrons. The Bertz CT molecular complexity index is 477. The molecule has 1 aliphatic rings. The highest BCUT2D eigenvalue weighted by atomic mass is 16.5. The number of nitrogen functional groups attached to an aromatic ring is 1. The van der Waals surface area contributed by atoms with E-state index in [2.05, 4.69) is 11.1 Å². The van der Waals surface area contributed by atoms with Gasteiger partial charge in [0, 0.05) is 6.54 Å². The van der Waals surface area contributed by atoms with Crippen LogP contribution in [0.5, 0.6) is 0 Å². The number of nitrogens with two attached hydrogens (primary N) is 1. The Morgan fingerprint density at radius 1 is 1.53 bits per heavy atom. The molecule has 0 aliphatic heterocycles. The first kappa shape index (κ1) is 13.6. The van der Waals surface area contributed by atoms with Crippen molar-refractivity contribution < 1.29 is 9.53 Å². The maximum atomic E-state index is 11.6. The number of hydrogen-bond donors (Lipinski definition) is 1. The van der Waals surface area contributed by atoms with Crippen LogP contribution in [0.2, 0.25) is 0 Å². The summed E-state index contributed by atoms with van der Waals surface area (Å²) in [7, 11) is 0. The second-order valence-electron chi connectivity index (χ2n) is 4.75. The van der Waals surface area contributed by atoms with E-state index in [-0.39, 0.29) is 5.69 Å². The Labute approximate surface area is 113 Å². The molecule has 0 amide bonds. The first-order valence-electron chi connectivity index (χ1n) is 6.88. The fraction of sp³-hybridized carbons (Fsp3) is 0.571. The largest absolute Gasteiger partial charge is 0.461 e. The maximum Gasteiger partial charge on any atom is 0.360 e. The smallest absolute Gasteiger partial charge is 0.360 e. The van der Waals surface area contributed by atoms with Crippen LogP contribution in [0.25, 0.3) is 0 Å². The zero-order valence-corrected chi connectivity index (χ0v) is 11.4. The molecular formula is C14H21N3O2. The van der Waals surface area contributed by atoms with Crippen LogP contribution in [0.3, 0.4) is 0 Å². The molecule has 1 heterocycles. The number of carbonyl (C=O) groups excluding carboxylic acids is 1.